The second kappa shape index (κ2) is 8.45. The summed E-state index contributed by atoms with van der Waals surface area (Å²) in [6, 6.07) is 1.90. The predicted octanol–water partition coefficient (Wildman–Crippen LogP) is 1.54. The van der Waals surface area contributed by atoms with Gasteiger partial charge in [-0.25, -0.2) is 9.59 Å². The van der Waals surface area contributed by atoms with E-state index in [2.05, 4.69) is 16.6 Å². The maximum atomic E-state index is 11.6. The molecule has 1 aromatic heterocycles. The number of urea groups is 1. The SMILES string of the molecule is C#CCSCCNC(=O)NC(C(=O)O)c1cccs1. The van der Waals surface area contributed by atoms with Gasteiger partial charge in [0.25, 0.3) is 0 Å². The third-order valence-corrected chi connectivity index (χ3v) is 3.87. The number of aliphatic carboxylic acids is 1. The van der Waals surface area contributed by atoms with E-state index in [4.69, 9.17) is 11.5 Å². The Morgan fingerprint density at radius 2 is 2.37 bits per heavy atom. The first-order valence-electron chi connectivity index (χ1n) is 5.47. The minimum absolute atomic E-state index is 0.439. The fourth-order valence-corrected chi connectivity index (χ4v) is 2.54. The zero-order chi connectivity index (χ0) is 14.1. The summed E-state index contributed by atoms with van der Waals surface area (Å²) in [5.74, 6) is 2.68. The number of hydrogen-bond donors (Lipinski definition) is 3. The Balaban J connectivity index is 2.37. The number of carboxylic acid groups (broad SMARTS) is 1. The molecule has 1 atom stereocenters. The summed E-state index contributed by atoms with van der Waals surface area (Å²) in [4.78, 5) is 23.2. The first-order valence-corrected chi connectivity index (χ1v) is 7.50. The zero-order valence-electron chi connectivity index (χ0n) is 10.1. The number of thiophene rings is 1. The number of terminal acetylenes is 1. The molecule has 3 N–H and O–H groups in total. The molecule has 2 amide bonds. The first kappa shape index (κ1) is 15.4. The Morgan fingerprint density at radius 1 is 1.58 bits per heavy atom. The highest BCUT2D eigenvalue weighted by molar-refractivity contribution is 7.99. The topological polar surface area (TPSA) is 78.4 Å². The lowest BCUT2D eigenvalue weighted by molar-refractivity contribution is -0.139. The van der Waals surface area contributed by atoms with Gasteiger partial charge in [0, 0.05) is 17.2 Å². The fraction of sp³-hybridized carbons (Fsp3) is 0.333. The van der Waals surface area contributed by atoms with E-state index in [9.17, 15) is 9.59 Å². The molecule has 1 aromatic rings. The van der Waals surface area contributed by atoms with Crippen molar-refractivity contribution in [1.82, 2.24) is 10.6 Å². The molecular formula is C12H14N2O3S2. The molecule has 1 rings (SSSR count). The summed E-state index contributed by atoms with van der Waals surface area (Å²) < 4.78 is 0. The van der Waals surface area contributed by atoms with Crippen LogP contribution >= 0.6 is 23.1 Å². The van der Waals surface area contributed by atoms with Crippen molar-refractivity contribution < 1.29 is 14.7 Å². The lowest BCUT2D eigenvalue weighted by Gasteiger charge is -2.13. The van der Waals surface area contributed by atoms with Crippen LogP contribution in [0.4, 0.5) is 4.79 Å². The van der Waals surface area contributed by atoms with Gasteiger partial charge in [0.1, 0.15) is 0 Å². The number of rotatable bonds is 7. The number of carbonyl (C=O) groups excluding carboxylic acids is 1. The highest BCUT2D eigenvalue weighted by Gasteiger charge is 2.22. The van der Waals surface area contributed by atoms with Crippen LogP contribution in [0.3, 0.4) is 0 Å². The minimum atomic E-state index is -1.08. The summed E-state index contributed by atoms with van der Waals surface area (Å²) in [5, 5.41) is 15.9. The number of hydrogen-bond acceptors (Lipinski definition) is 4. The standard InChI is InChI=1S/C12H14N2O3S2/c1-2-6-18-8-5-13-12(17)14-10(11(15)16)9-4-3-7-19-9/h1,3-4,7,10H,5-6,8H2,(H,15,16)(H2,13,14,17). The van der Waals surface area contributed by atoms with Gasteiger partial charge >= 0.3 is 12.0 Å². The fourth-order valence-electron chi connectivity index (χ4n) is 1.26. The van der Waals surface area contributed by atoms with Crippen LogP contribution in [-0.4, -0.2) is 35.2 Å². The third-order valence-electron chi connectivity index (χ3n) is 2.07. The van der Waals surface area contributed by atoms with Gasteiger partial charge in [0.2, 0.25) is 0 Å². The number of nitrogens with one attached hydrogen (secondary N) is 2. The molecule has 0 saturated heterocycles. The molecule has 0 aromatic carbocycles. The third kappa shape index (κ3) is 5.68. The van der Waals surface area contributed by atoms with Crippen molar-refractivity contribution in [2.45, 2.75) is 6.04 Å². The monoisotopic (exact) mass is 298 g/mol. The molecule has 1 unspecified atom stereocenters. The van der Waals surface area contributed by atoms with Gasteiger partial charge in [-0.3, -0.25) is 0 Å². The van der Waals surface area contributed by atoms with E-state index >= 15 is 0 Å². The molecule has 19 heavy (non-hydrogen) atoms. The van der Waals surface area contributed by atoms with Gasteiger partial charge in [-0.1, -0.05) is 12.0 Å². The molecule has 0 radical (unpaired) electrons. The van der Waals surface area contributed by atoms with Gasteiger partial charge in [-0.15, -0.1) is 29.5 Å². The summed E-state index contributed by atoms with van der Waals surface area (Å²) >= 11 is 2.81. The van der Waals surface area contributed by atoms with Crippen LogP contribution < -0.4 is 10.6 Å². The summed E-state index contributed by atoms with van der Waals surface area (Å²) in [6.07, 6.45) is 5.09. The van der Waals surface area contributed by atoms with Crippen molar-refractivity contribution in [2.75, 3.05) is 18.1 Å². The van der Waals surface area contributed by atoms with Crippen molar-refractivity contribution in [3.8, 4) is 12.3 Å². The number of carbonyl (C=O) groups is 2. The Hall–Kier alpha value is -1.65. The van der Waals surface area contributed by atoms with Crippen molar-refractivity contribution >= 4 is 35.1 Å². The van der Waals surface area contributed by atoms with E-state index < -0.39 is 18.0 Å². The maximum Gasteiger partial charge on any atom is 0.331 e. The average molecular weight is 298 g/mol. The van der Waals surface area contributed by atoms with Gasteiger partial charge in [0.15, 0.2) is 6.04 Å². The van der Waals surface area contributed by atoms with Gasteiger partial charge in [0.05, 0.1) is 5.75 Å². The molecule has 0 fully saturated rings. The van der Waals surface area contributed by atoms with E-state index in [0.29, 0.717) is 22.9 Å². The van der Waals surface area contributed by atoms with Crippen LogP contribution in [0.25, 0.3) is 0 Å². The molecule has 5 nitrogen and oxygen atoms in total. The lowest BCUT2D eigenvalue weighted by Crippen LogP contribution is -2.41. The molecule has 0 aliphatic carbocycles. The zero-order valence-corrected chi connectivity index (χ0v) is 11.7. The van der Waals surface area contributed by atoms with Crippen molar-refractivity contribution in [1.29, 1.82) is 0 Å². The molecule has 0 spiro atoms. The Kier molecular flexibility index (Phi) is 6.85. The second-order valence-corrected chi connectivity index (χ2v) is 5.53. The minimum Gasteiger partial charge on any atom is -0.479 e. The van der Waals surface area contributed by atoms with Crippen LogP contribution in [0.1, 0.15) is 10.9 Å². The average Bonchev–Trinajstić information content (AvgIpc) is 2.89. The van der Waals surface area contributed by atoms with Crippen LogP contribution in [0.15, 0.2) is 17.5 Å². The van der Waals surface area contributed by atoms with E-state index in [1.807, 2.05) is 0 Å². The van der Waals surface area contributed by atoms with Gasteiger partial charge in [-0.2, -0.15) is 0 Å². The van der Waals surface area contributed by atoms with Gasteiger partial charge in [-0.05, 0) is 11.4 Å². The predicted molar refractivity (Wildman–Crippen MR) is 77.4 cm³/mol. The molecule has 0 saturated carbocycles. The first-order chi connectivity index (χ1) is 9.15. The largest absolute Gasteiger partial charge is 0.479 e. The summed E-state index contributed by atoms with van der Waals surface area (Å²) in [5.41, 5.74) is 0. The second-order valence-electron chi connectivity index (χ2n) is 3.44. The van der Waals surface area contributed by atoms with E-state index in [-0.39, 0.29) is 0 Å². The van der Waals surface area contributed by atoms with Crippen LogP contribution in [0, 0.1) is 12.3 Å². The van der Waals surface area contributed by atoms with Crippen LogP contribution in [0.5, 0.6) is 0 Å². The molecule has 7 heteroatoms. The molecule has 0 aliphatic rings. The quantitative estimate of drug-likeness (QED) is 0.527. The van der Waals surface area contributed by atoms with Crippen molar-refractivity contribution in [3.05, 3.63) is 22.4 Å². The summed E-state index contributed by atoms with van der Waals surface area (Å²) in [6.45, 7) is 0.439. The molecular weight excluding hydrogens is 284 g/mol. The summed E-state index contributed by atoms with van der Waals surface area (Å²) in [7, 11) is 0. The van der Waals surface area contributed by atoms with Gasteiger partial charge < -0.3 is 15.7 Å². The van der Waals surface area contributed by atoms with E-state index in [1.165, 1.54) is 23.1 Å². The van der Waals surface area contributed by atoms with Crippen LogP contribution in [0.2, 0.25) is 0 Å². The molecule has 0 aliphatic heterocycles. The Labute approximate surface area is 119 Å². The molecule has 1 heterocycles. The normalized spacial score (nSPS) is 11.3. The van der Waals surface area contributed by atoms with Crippen molar-refractivity contribution in [3.63, 3.8) is 0 Å². The Morgan fingerprint density at radius 3 is 2.95 bits per heavy atom. The van der Waals surface area contributed by atoms with Crippen LogP contribution in [-0.2, 0) is 4.79 Å². The smallest absolute Gasteiger partial charge is 0.331 e. The lowest BCUT2D eigenvalue weighted by atomic mass is 10.2. The van der Waals surface area contributed by atoms with E-state index in [0.717, 1.165) is 0 Å². The van der Waals surface area contributed by atoms with Crippen molar-refractivity contribution in [2.24, 2.45) is 0 Å². The highest BCUT2D eigenvalue weighted by atomic mass is 32.2. The van der Waals surface area contributed by atoms with E-state index in [1.54, 1.807) is 17.5 Å². The number of carboxylic acids is 1. The Bertz CT molecular complexity index is 454. The number of thioether (sulfide) groups is 1. The number of amides is 2. The maximum absolute atomic E-state index is 11.6. The molecule has 0 bridgehead atoms. The highest BCUT2D eigenvalue weighted by Crippen LogP contribution is 2.18. The molecule has 102 valence electrons.